The summed E-state index contributed by atoms with van der Waals surface area (Å²) in [4.78, 5) is 2.31. The number of ether oxygens (including phenoxy) is 2. The maximum Gasteiger partial charge on any atom is 0.143 e. The topological polar surface area (TPSA) is 47.7 Å². The highest BCUT2D eigenvalue weighted by molar-refractivity contribution is 6.32. The fourth-order valence-corrected chi connectivity index (χ4v) is 2.87. The van der Waals surface area contributed by atoms with E-state index in [1.807, 2.05) is 6.07 Å². The third kappa shape index (κ3) is 2.90. The van der Waals surface area contributed by atoms with Crippen LogP contribution in [0, 0.1) is 0 Å². The van der Waals surface area contributed by atoms with E-state index in [-0.39, 0.29) is 6.04 Å². The van der Waals surface area contributed by atoms with Crippen molar-refractivity contribution in [2.24, 2.45) is 5.73 Å². The zero-order valence-corrected chi connectivity index (χ0v) is 12.4. The van der Waals surface area contributed by atoms with Crippen molar-refractivity contribution in [3.63, 3.8) is 0 Å². The molecular weight excluding hydrogens is 264 g/mol. The van der Waals surface area contributed by atoms with E-state index in [1.54, 1.807) is 20.3 Å². The summed E-state index contributed by atoms with van der Waals surface area (Å²) in [7, 11) is 3.27. The summed E-state index contributed by atoms with van der Waals surface area (Å²) in [5.74, 6) is 1.44. The smallest absolute Gasteiger partial charge is 0.143 e. The molecule has 106 valence electrons. The van der Waals surface area contributed by atoms with E-state index in [4.69, 9.17) is 26.8 Å². The van der Waals surface area contributed by atoms with Crippen LogP contribution in [-0.4, -0.2) is 32.8 Å². The number of anilines is 1. The molecule has 2 N–H and O–H groups in total. The Hall–Kier alpha value is -1.13. The third-order valence-corrected chi connectivity index (χ3v) is 3.97. The Labute approximate surface area is 119 Å². The van der Waals surface area contributed by atoms with Gasteiger partial charge in [0.05, 0.1) is 24.9 Å². The van der Waals surface area contributed by atoms with Gasteiger partial charge in [0.25, 0.3) is 0 Å². The normalized spacial score (nSPS) is 23.3. The fourth-order valence-electron chi connectivity index (χ4n) is 2.64. The van der Waals surface area contributed by atoms with Gasteiger partial charge in [-0.15, -0.1) is 0 Å². The van der Waals surface area contributed by atoms with Gasteiger partial charge in [-0.1, -0.05) is 11.6 Å². The minimum atomic E-state index is 0.284. The van der Waals surface area contributed by atoms with Crippen LogP contribution in [-0.2, 0) is 0 Å². The van der Waals surface area contributed by atoms with Crippen LogP contribution < -0.4 is 20.1 Å². The lowest BCUT2D eigenvalue weighted by Gasteiger charge is -2.38. The molecule has 1 saturated heterocycles. The standard InChI is InChI=1S/C14H21ClN2O2/c1-9-6-10(16)4-5-17(9)12-8-13(18-2)11(15)7-14(12)19-3/h7-10H,4-6,16H2,1-3H3. The van der Waals surface area contributed by atoms with Crippen LogP contribution in [0.15, 0.2) is 12.1 Å². The molecule has 2 unspecified atom stereocenters. The van der Waals surface area contributed by atoms with Crippen molar-refractivity contribution in [3.8, 4) is 11.5 Å². The number of hydrogen-bond donors (Lipinski definition) is 1. The Morgan fingerprint density at radius 2 is 1.95 bits per heavy atom. The maximum atomic E-state index is 6.14. The van der Waals surface area contributed by atoms with E-state index in [0.29, 0.717) is 16.8 Å². The van der Waals surface area contributed by atoms with Crippen LogP contribution in [0.3, 0.4) is 0 Å². The Balaban J connectivity index is 2.37. The number of nitrogens with zero attached hydrogens (tertiary/aromatic N) is 1. The largest absolute Gasteiger partial charge is 0.495 e. The third-order valence-electron chi connectivity index (χ3n) is 3.68. The molecule has 1 aliphatic rings. The minimum absolute atomic E-state index is 0.284. The van der Waals surface area contributed by atoms with Gasteiger partial charge in [0.2, 0.25) is 0 Å². The molecular formula is C14H21ClN2O2. The summed E-state index contributed by atoms with van der Waals surface area (Å²) < 4.78 is 10.7. The second kappa shape index (κ2) is 5.88. The maximum absolute atomic E-state index is 6.14. The van der Waals surface area contributed by atoms with Crippen molar-refractivity contribution in [3.05, 3.63) is 17.2 Å². The van der Waals surface area contributed by atoms with Crippen LogP contribution in [0.4, 0.5) is 5.69 Å². The van der Waals surface area contributed by atoms with Gasteiger partial charge in [-0.3, -0.25) is 0 Å². The van der Waals surface area contributed by atoms with E-state index < -0.39 is 0 Å². The molecule has 1 heterocycles. The number of rotatable bonds is 3. The molecule has 2 atom stereocenters. The molecule has 1 aliphatic heterocycles. The number of benzene rings is 1. The van der Waals surface area contributed by atoms with Crippen molar-refractivity contribution in [1.29, 1.82) is 0 Å². The zero-order valence-electron chi connectivity index (χ0n) is 11.6. The van der Waals surface area contributed by atoms with Crippen LogP contribution in [0.5, 0.6) is 11.5 Å². The Morgan fingerprint density at radius 1 is 1.26 bits per heavy atom. The lowest BCUT2D eigenvalue weighted by Crippen LogP contribution is -2.45. The van der Waals surface area contributed by atoms with Gasteiger partial charge in [-0.05, 0) is 19.8 Å². The summed E-state index contributed by atoms with van der Waals surface area (Å²) in [6.45, 7) is 3.10. The number of hydrogen-bond acceptors (Lipinski definition) is 4. The molecule has 0 bridgehead atoms. The summed E-state index contributed by atoms with van der Waals surface area (Å²) in [5, 5.41) is 0.560. The van der Waals surface area contributed by atoms with Crippen LogP contribution in [0.1, 0.15) is 19.8 Å². The van der Waals surface area contributed by atoms with Gasteiger partial charge in [0, 0.05) is 30.8 Å². The molecule has 0 aliphatic carbocycles. The molecule has 0 spiro atoms. The average molecular weight is 285 g/mol. The molecule has 1 aromatic carbocycles. The number of methoxy groups -OCH3 is 2. The van der Waals surface area contributed by atoms with Crippen LogP contribution in [0.25, 0.3) is 0 Å². The van der Waals surface area contributed by atoms with Gasteiger partial charge in [0.15, 0.2) is 0 Å². The van der Waals surface area contributed by atoms with Crippen molar-refractivity contribution >= 4 is 17.3 Å². The Morgan fingerprint density at radius 3 is 2.53 bits per heavy atom. The second-order valence-electron chi connectivity index (χ2n) is 4.99. The van der Waals surface area contributed by atoms with Gasteiger partial charge in [-0.25, -0.2) is 0 Å². The monoisotopic (exact) mass is 284 g/mol. The molecule has 1 fully saturated rings. The van der Waals surface area contributed by atoms with Gasteiger partial charge in [0.1, 0.15) is 11.5 Å². The fraction of sp³-hybridized carbons (Fsp3) is 0.571. The Bertz CT molecular complexity index is 453. The molecule has 0 aromatic heterocycles. The van der Waals surface area contributed by atoms with Gasteiger partial charge in [-0.2, -0.15) is 0 Å². The first kappa shape index (κ1) is 14.3. The first-order valence-electron chi connectivity index (χ1n) is 6.50. The van der Waals surface area contributed by atoms with Crippen LogP contribution >= 0.6 is 11.6 Å². The highest BCUT2D eigenvalue weighted by Crippen LogP contribution is 2.40. The van der Waals surface area contributed by atoms with Crippen LogP contribution in [0.2, 0.25) is 5.02 Å². The molecule has 4 nitrogen and oxygen atoms in total. The predicted molar refractivity (Wildman–Crippen MR) is 78.6 cm³/mol. The first-order valence-corrected chi connectivity index (χ1v) is 6.88. The quantitative estimate of drug-likeness (QED) is 0.927. The van der Waals surface area contributed by atoms with Gasteiger partial charge >= 0.3 is 0 Å². The lowest BCUT2D eigenvalue weighted by molar-refractivity contribution is 0.391. The summed E-state index contributed by atoms with van der Waals surface area (Å²) in [6, 6.07) is 4.40. The molecule has 1 aromatic rings. The number of halogens is 1. The predicted octanol–water partition coefficient (Wildman–Crippen LogP) is 2.67. The summed E-state index contributed by atoms with van der Waals surface area (Å²) in [6.07, 6.45) is 1.96. The minimum Gasteiger partial charge on any atom is -0.495 e. The summed E-state index contributed by atoms with van der Waals surface area (Å²) >= 11 is 6.14. The van der Waals surface area contributed by atoms with Crippen molar-refractivity contribution in [2.75, 3.05) is 25.7 Å². The van der Waals surface area contributed by atoms with E-state index in [2.05, 4.69) is 11.8 Å². The molecule has 5 heteroatoms. The zero-order chi connectivity index (χ0) is 14.0. The molecule has 19 heavy (non-hydrogen) atoms. The first-order chi connectivity index (χ1) is 9.06. The highest BCUT2D eigenvalue weighted by atomic mass is 35.5. The number of nitrogens with two attached hydrogens (primary N) is 1. The average Bonchev–Trinajstić information content (AvgIpc) is 2.39. The van der Waals surface area contributed by atoms with Crippen molar-refractivity contribution < 1.29 is 9.47 Å². The van der Waals surface area contributed by atoms with E-state index in [1.165, 1.54) is 0 Å². The second-order valence-corrected chi connectivity index (χ2v) is 5.39. The molecule has 0 radical (unpaired) electrons. The van der Waals surface area contributed by atoms with Crippen molar-refractivity contribution in [1.82, 2.24) is 0 Å². The highest BCUT2D eigenvalue weighted by Gasteiger charge is 2.26. The van der Waals surface area contributed by atoms with Gasteiger partial charge < -0.3 is 20.1 Å². The van der Waals surface area contributed by atoms with E-state index in [9.17, 15) is 0 Å². The van der Waals surface area contributed by atoms with E-state index in [0.717, 1.165) is 30.8 Å². The van der Waals surface area contributed by atoms with E-state index >= 15 is 0 Å². The molecule has 2 rings (SSSR count). The Kier molecular flexibility index (Phi) is 4.42. The number of piperidine rings is 1. The van der Waals surface area contributed by atoms with Crippen molar-refractivity contribution in [2.45, 2.75) is 31.8 Å². The SMILES string of the molecule is COc1cc(N2CCC(N)CC2C)c(OC)cc1Cl. The summed E-state index contributed by atoms with van der Waals surface area (Å²) in [5.41, 5.74) is 7.03. The lowest BCUT2D eigenvalue weighted by atomic mass is 9.98. The molecule has 0 saturated carbocycles. The molecule has 0 amide bonds.